The fourth-order valence-electron chi connectivity index (χ4n) is 2.66. The van der Waals surface area contributed by atoms with Crippen molar-refractivity contribution < 1.29 is 0 Å². The molecule has 0 radical (unpaired) electrons. The van der Waals surface area contributed by atoms with E-state index in [0.29, 0.717) is 6.04 Å². The van der Waals surface area contributed by atoms with E-state index in [1.54, 1.807) is 0 Å². The Morgan fingerprint density at radius 3 is 2.72 bits per heavy atom. The first-order valence-electron chi connectivity index (χ1n) is 6.34. The monoisotopic (exact) mass is 242 g/mol. The van der Waals surface area contributed by atoms with Crippen LogP contribution in [-0.2, 0) is 0 Å². The molecule has 1 aliphatic heterocycles. The molecule has 1 atom stereocenters. The molecule has 1 aromatic heterocycles. The number of imidazole rings is 1. The topological polar surface area (TPSA) is 47.1 Å². The Morgan fingerprint density at radius 2 is 2.06 bits per heavy atom. The normalized spacial score (nSPS) is 19.4. The van der Waals surface area contributed by atoms with Crippen molar-refractivity contribution in [2.75, 3.05) is 23.7 Å². The van der Waals surface area contributed by atoms with E-state index >= 15 is 0 Å². The van der Waals surface area contributed by atoms with Crippen molar-refractivity contribution in [3.63, 3.8) is 0 Å². The molecule has 4 heteroatoms. The predicted molar refractivity (Wildman–Crippen MR) is 73.7 cm³/mol. The molecular weight excluding hydrogens is 224 g/mol. The minimum Gasteiger partial charge on any atom is -0.399 e. The number of rotatable bonds is 2. The lowest BCUT2D eigenvalue weighted by Gasteiger charge is -2.19. The van der Waals surface area contributed by atoms with Crippen molar-refractivity contribution >= 4 is 11.4 Å². The minimum absolute atomic E-state index is 0.532. The molecule has 1 saturated heterocycles. The van der Waals surface area contributed by atoms with Gasteiger partial charge in [0.2, 0.25) is 0 Å². The summed E-state index contributed by atoms with van der Waals surface area (Å²) in [5.41, 5.74) is 7.79. The van der Waals surface area contributed by atoms with E-state index in [9.17, 15) is 0 Å². The lowest BCUT2D eigenvalue weighted by molar-refractivity contribution is 0.538. The Bertz CT molecular complexity index is 529. The standard InChI is InChI=1S/C14H18N4/c1-11-16-7-9-18(11)14-6-8-17(10-14)13-4-2-12(15)3-5-13/h2-5,7,9,14H,6,8,10,15H2,1H3. The number of nitrogen functional groups attached to an aromatic ring is 1. The van der Waals surface area contributed by atoms with Crippen molar-refractivity contribution in [1.82, 2.24) is 9.55 Å². The van der Waals surface area contributed by atoms with Crippen LogP contribution in [0.3, 0.4) is 0 Å². The van der Waals surface area contributed by atoms with Gasteiger partial charge in [-0.2, -0.15) is 0 Å². The van der Waals surface area contributed by atoms with Crippen molar-refractivity contribution in [3.05, 3.63) is 42.5 Å². The average molecular weight is 242 g/mol. The Hall–Kier alpha value is -1.97. The van der Waals surface area contributed by atoms with Crippen LogP contribution in [0.2, 0.25) is 0 Å². The quantitative estimate of drug-likeness (QED) is 0.821. The fraction of sp³-hybridized carbons (Fsp3) is 0.357. The second-order valence-electron chi connectivity index (χ2n) is 4.86. The van der Waals surface area contributed by atoms with E-state index in [0.717, 1.165) is 24.6 Å². The molecule has 0 saturated carbocycles. The smallest absolute Gasteiger partial charge is 0.105 e. The van der Waals surface area contributed by atoms with Gasteiger partial charge in [0, 0.05) is 36.9 Å². The zero-order chi connectivity index (χ0) is 12.5. The lowest BCUT2D eigenvalue weighted by Crippen LogP contribution is -2.20. The molecule has 2 heterocycles. The summed E-state index contributed by atoms with van der Waals surface area (Å²) >= 11 is 0. The first-order chi connectivity index (χ1) is 8.74. The first kappa shape index (κ1) is 11.1. The Labute approximate surface area is 107 Å². The molecular formula is C14H18N4. The van der Waals surface area contributed by atoms with Crippen LogP contribution >= 0.6 is 0 Å². The highest BCUT2D eigenvalue weighted by molar-refractivity contribution is 5.53. The molecule has 1 unspecified atom stereocenters. The molecule has 0 aliphatic carbocycles. The molecule has 0 spiro atoms. The molecule has 3 rings (SSSR count). The number of aromatic nitrogens is 2. The van der Waals surface area contributed by atoms with E-state index in [2.05, 4.69) is 39.7 Å². The Morgan fingerprint density at radius 1 is 1.28 bits per heavy atom. The highest BCUT2D eigenvalue weighted by atomic mass is 15.2. The van der Waals surface area contributed by atoms with Crippen LogP contribution in [0.5, 0.6) is 0 Å². The number of benzene rings is 1. The van der Waals surface area contributed by atoms with Gasteiger partial charge < -0.3 is 15.2 Å². The van der Waals surface area contributed by atoms with Crippen LogP contribution in [-0.4, -0.2) is 22.6 Å². The Balaban J connectivity index is 1.76. The molecule has 2 N–H and O–H groups in total. The second kappa shape index (κ2) is 4.37. The predicted octanol–water partition coefficient (Wildman–Crippen LogP) is 2.23. The van der Waals surface area contributed by atoms with Gasteiger partial charge >= 0.3 is 0 Å². The molecule has 18 heavy (non-hydrogen) atoms. The number of aryl methyl sites for hydroxylation is 1. The molecule has 1 aromatic carbocycles. The van der Waals surface area contributed by atoms with Crippen LogP contribution in [0.25, 0.3) is 0 Å². The van der Waals surface area contributed by atoms with Gasteiger partial charge in [0.05, 0.1) is 6.04 Å². The van der Waals surface area contributed by atoms with Crippen molar-refractivity contribution in [3.8, 4) is 0 Å². The van der Waals surface area contributed by atoms with E-state index in [1.807, 2.05) is 18.3 Å². The number of hydrogen-bond acceptors (Lipinski definition) is 3. The number of anilines is 2. The molecule has 2 aromatic rings. The summed E-state index contributed by atoms with van der Waals surface area (Å²) in [6.07, 6.45) is 5.12. The minimum atomic E-state index is 0.532. The Kier molecular flexibility index (Phi) is 2.70. The third kappa shape index (κ3) is 1.94. The lowest BCUT2D eigenvalue weighted by atomic mass is 10.2. The summed E-state index contributed by atoms with van der Waals surface area (Å²) in [5.74, 6) is 1.10. The molecule has 1 fully saturated rings. The summed E-state index contributed by atoms with van der Waals surface area (Å²) < 4.78 is 2.28. The van der Waals surface area contributed by atoms with Gasteiger partial charge in [0.1, 0.15) is 5.82 Å². The molecule has 0 amide bonds. The number of hydrogen-bond donors (Lipinski definition) is 1. The summed E-state index contributed by atoms with van der Waals surface area (Å²) in [6.45, 7) is 4.19. The summed E-state index contributed by atoms with van der Waals surface area (Å²) in [5, 5.41) is 0. The van der Waals surface area contributed by atoms with Gasteiger partial charge in [0.15, 0.2) is 0 Å². The highest BCUT2D eigenvalue weighted by Crippen LogP contribution is 2.27. The van der Waals surface area contributed by atoms with Crippen LogP contribution in [0.15, 0.2) is 36.7 Å². The second-order valence-corrected chi connectivity index (χ2v) is 4.86. The third-order valence-electron chi connectivity index (χ3n) is 3.68. The van der Waals surface area contributed by atoms with Gasteiger partial charge in [-0.3, -0.25) is 0 Å². The van der Waals surface area contributed by atoms with Crippen LogP contribution < -0.4 is 10.6 Å². The van der Waals surface area contributed by atoms with Crippen LogP contribution in [0, 0.1) is 6.92 Å². The number of nitrogens with two attached hydrogens (primary N) is 1. The molecule has 0 bridgehead atoms. The van der Waals surface area contributed by atoms with Gasteiger partial charge in [-0.25, -0.2) is 4.98 Å². The first-order valence-corrected chi connectivity index (χ1v) is 6.34. The largest absolute Gasteiger partial charge is 0.399 e. The van der Waals surface area contributed by atoms with E-state index in [4.69, 9.17) is 5.73 Å². The van der Waals surface area contributed by atoms with Crippen molar-refractivity contribution in [2.24, 2.45) is 0 Å². The summed E-state index contributed by atoms with van der Waals surface area (Å²) in [4.78, 5) is 6.70. The summed E-state index contributed by atoms with van der Waals surface area (Å²) in [6, 6.07) is 8.65. The zero-order valence-electron chi connectivity index (χ0n) is 10.6. The van der Waals surface area contributed by atoms with Gasteiger partial charge in [-0.1, -0.05) is 0 Å². The number of nitrogens with zero attached hydrogens (tertiary/aromatic N) is 3. The highest BCUT2D eigenvalue weighted by Gasteiger charge is 2.24. The fourth-order valence-corrected chi connectivity index (χ4v) is 2.66. The van der Waals surface area contributed by atoms with Crippen LogP contribution in [0.4, 0.5) is 11.4 Å². The van der Waals surface area contributed by atoms with Crippen molar-refractivity contribution in [1.29, 1.82) is 0 Å². The maximum absolute atomic E-state index is 5.72. The molecule has 94 valence electrons. The van der Waals surface area contributed by atoms with Gasteiger partial charge in [0.25, 0.3) is 0 Å². The van der Waals surface area contributed by atoms with Gasteiger partial charge in [-0.15, -0.1) is 0 Å². The molecule has 4 nitrogen and oxygen atoms in total. The third-order valence-corrected chi connectivity index (χ3v) is 3.68. The van der Waals surface area contributed by atoms with Gasteiger partial charge in [-0.05, 0) is 37.6 Å². The zero-order valence-corrected chi connectivity index (χ0v) is 10.6. The van der Waals surface area contributed by atoms with E-state index in [1.165, 1.54) is 12.1 Å². The summed E-state index contributed by atoms with van der Waals surface area (Å²) in [7, 11) is 0. The maximum atomic E-state index is 5.72. The maximum Gasteiger partial charge on any atom is 0.105 e. The van der Waals surface area contributed by atoms with E-state index in [-0.39, 0.29) is 0 Å². The van der Waals surface area contributed by atoms with E-state index < -0.39 is 0 Å². The van der Waals surface area contributed by atoms with Crippen LogP contribution in [0.1, 0.15) is 18.3 Å². The van der Waals surface area contributed by atoms with Crippen molar-refractivity contribution in [2.45, 2.75) is 19.4 Å². The SMILES string of the molecule is Cc1nccn1C1CCN(c2ccc(N)cc2)C1. The molecule has 1 aliphatic rings. The average Bonchev–Trinajstić information content (AvgIpc) is 2.98.